The van der Waals surface area contributed by atoms with Crippen LogP contribution in [-0.2, 0) is 9.59 Å². The second-order valence-corrected chi connectivity index (χ2v) is 5.41. The molecule has 0 radical (unpaired) electrons. The van der Waals surface area contributed by atoms with Gasteiger partial charge in [0, 0.05) is 45.3 Å². The summed E-state index contributed by atoms with van der Waals surface area (Å²) in [6.45, 7) is 9.04. The van der Waals surface area contributed by atoms with Crippen molar-refractivity contribution >= 4 is 17.5 Å². The molecule has 0 atom stereocenters. The average molecular weight is 301 g/mol. The fourth-order valence-corrected chi connectivity index (χ4v) is 2.59. The molecular formula is C17H23N3O2. The Morgan fingerprint density at radius 2 is 1.82 bits per heavy atom. The number of piperazine rings is 1. The maximum atomic E-state index is 12.6. The number of rotatable bonds is 5. The minimum absolute atomic E-state index is 0.0578. The van der Waals surface area contributed by atoms with E-state index >= 15 is 0 Å². The molecule has 1 aromatic rings. The van der Waals surface area contributed by atoms with E-state index in [1.54, 1.807) is 17.9 Å². The summed E-state index contributed by atoms with van der Waals surface area (Å²) in [7, 11) is 0. The number of carbonyl (C=O) groups excluding carboxylic acids is 2. The Labute approximate surface area is 131 Å². The SMILES string of the molecule is C=CCN(C(=O)CN1CCN(C(C)=O)CC1)c1ccccc1. The monoisotopic (exact) mass is 301 g/mol. The number of amides is 2. The van der Waals surface area contributed by atoms with Crippen LogP contribution in [0.3, 0.4) is 0 Å². The largest absolute Gasteiger partial charge is 0.340 e. The van der Waals surface area contributed by atoms with Gasteiger partial charge in [-0.1, -0.05) is 24.3 Å². The first-order valence-electron chi connectivity index (χ1n) is 7.56. The van der Waals surface area contributed by atoms with E-state index in [1.165, 1.54) is 0 Å². The Hall–Kier alpha value is -2.14. The third kappa shape index (κ3) is 4.18. The fraction of sp³-hybridized carbons (Fsp3) is 0.412. The van der Waals surface area contributed by atoms with E-state index in [-0.39, 0.29) is 11.8 Å². The molecule has 1 heterocycles. The summed E-state index contributed by atoms with van der Waals surface area (Å²) >= 11 is 0. The minimum atomic E-state index is 0.0578. The van der Waals surface area contributed by atoms with Crippen LogP contribution in [0.1, 0.15) is 6.92 Å². The van der Waals surface area contributed by atoms with Gasteiger partial charge in [0.2, 0.25) is 11.8 Å². The van der Waals surface area contributed by atoms with E-state index in [0.29, 0.717) is 26.2 Å². The van der Waals surface area contributed by atoms with Gasteiger partial charge in [-0.3, -0.25) is 14.5 Å². The molecule has 0 N–H and O–H groups in total. The predicted octanol–water partition coefficient (Wildman–Crippen LogP) is 1.37. The van der Waals surface area contributed by atoms with Crippen LogP contribution in [0.2, 0.25) is 0 Å². The second kappa shape index (κ2) is 7.75. The number of para-hydroxylation sites is 1. The molecule has 22 heavy (non-hydrogen) atoms. The maximum absolute atomic E-state index is 12.6. The van der Waals surface area contributed by atoms with Crippen LogP contribution in [0.5, 0.6) is 0 Å². The van der Waals surface area contributed by atoms with Gasteiger partial charge in [-0.05, 0) is 12.1 Å². The van der Waals surface area contributed by atoms with Gasteiger partial charge in [0.15, 0.2) is 0 Å². The van der Waals surface area contributed by atoms with Crippen molar-refractivity contribution < 1.29 is 9.59 Å². The van der Waals surface area contributed by atoms with Gasteiger partial charge in [-0.15, -0.1) is 6.58 Å². The molecule has 2 rings (SSSR count). The van der Waals surface area contributed by atoms with Crippen molar-refractivity contribution in [1.29, 1.82) is 0 Å². The molecule has 0 spiro atoms. The Morgan fingerprint density at radius 1 is 1.18 bits per heavy atom. The van der Waals surface area contributed by atoms with Crippen LogP contribution in [0.4, 0.5) is 5.69 Å². The van der Waals surface area contributed by atoms with E-state index in [0.717, 1.165) is 18.8 Å². The topological polar surface area (TPSA) is 43.9 Å². The zero-order chi connectivity index (χ0) is 15.9. The van der Waals surface area contributed by atoms with Crippen molar-refractivity contribution in [2.45, 2.75) is 6.92 Å². The summed E-state index contributed by atoms with van der Waals surface area (Å²) in [5.41, 5.74) is 0.884. The molecule has 0 saturated carbocycles. The lowest BCUT2D eigenvalue weighted by molar-refractivity contribution is -0.130. The highest BCUT2D eigenvalue weighted by Gasteiger charge is 2.22. The number of anilines is 1. The van der Waals surface area contributed by atoms with Crippen LogP contribution < -0.4 is 4.90 Å². The summed E-state index contributed by atoms with van der Waals surface area (Å²) in [6, 6.07) is 9.62. The summed E-state index contributed by atoms with van der Waals surface area (Å²) in [5, 5.41) is 0. The molecule has 1 fully saturated rings. The summed E-state index contributed by atoms with van der Waals surface area (Å²) in [4.78, 5) is 29.6. The van der Waals surface area contributed by atoms with Crippen molar-refractivity contribution in [3.05, 3.63) is 43.0 Å². The standard InChI is InChI=1S/C17H23N3O2/c1-3-9-20(16-7-5-4-6-8-16)17(22)14-18-10-12-19(13-11-18)15(2)21/h3-8H,1,9-14H2,2H3. The van der Waals surface area contributed by atoms with Crippen molar-refractivity contribution in [2.75, 3.05) is 44.2 Å². The highest BCUT2D eigenvalue weighted by atomic mass is 16.2. The molecule has 0 aromatic heterocycles. The van der Waals surface area contributed by atoms with Crippen molar-refractivity contribution in [3.8, 4) is 0 Å². The van der Waals surface area contributed by atoms with Gasteiger partial charge >= 0.3 is 0 Å². The lowest BCUT2D eigenvalue weighted by Crippen LogP contribution is -2.51. The van der Waals surface area contributed by atoms with Gasteiger partial charge in [0.1, 0.15) is 0 Å². The summed E-state index contributed by atoms with van der Waals surface area (Å²) in [5.74, 6) is 0.158. The molecule has 1 aromatic carbocycles. The van der Waals surface area contributed by atoms with Gasteiger partial charge in [0.05, 0.1) is 6.54 Å². The van der Waals surface area contributed by atoms with Gasteiger partial charge in [0.25, 0.3) is 0 Å². The van der Waals surface area contributed by atoms with Gasteiger partial charge < -0.3 is 9.80 Å². The number of carbonyl (C=O) groups is 2. The molecule has 2 amide bonds. The number of hydrogen-bond acceptors (Lipinski definition) is 3. The quantitative estimate of drug-likeness (QED) is 0.772. The fourth-order valence-electron chi connectivity index (χ4n) is 2.59. The zero-order valence-corrected chi connectivity index (χ0v) is 13.1. The first-order valence-corrected chi connectivity index (χ1v) is 7.56. The molecular weight excluding hydrogens is 278 g/mol. The molecule has 0 aliphatic carbocycles. The summed E-state index contributed by atoms with van der Waals surface area (Å²) in [6.07, 6.45) is 1.73. The van der Waals surface area contributed by atoms with Crippen molar-refractivity contribution in [1.82, 2.24) is 9.80 Å². The maximum Gasteiger partial charge on any atom is 0.241 e. The molecule has 5 nitrogen and oxygen atoms in total. The first-order chi connectivity index (χ1) is 10.6. The molecule has 1 aliphatic heterocycles. The Kier molecular flexibility index (Phi) is 5.72. The lowest BCUT2D eigenvalue weighted by Gasteiger charge is -2.34. The molecule has 0 bridgehead atoms. The van der Waals surface area contributed by atoms with Crippen LogP contribution in [0.25, 0.3) is 0 Å². The predicted molar refractivity (Wildman–Crippen MR) is 87.7 cm³/mol. The third-order valence-electron chi connectivity index (χ3n) is 3.86. The molecule has 1 saturated heterocycles. The molecule has 118 valence electrons. The number of benzene rings is 1. The highest BCUT2D eigenvalue weighted by molar-refractivity contribution is 5.95. The number of hydrogen-bond donors (Lipinski definition) is 0. The van der Waals surface area contributed by atoms with Crippen LogP contribution in [0, 0.1) is 0 Å². The molecule has 0 unspecified atom stereocenters. The van der Waals surface area contributed by atoms with E-state index in [9.17, 15) is 9.59 Å². The second-order valence-electron chi connectivity index (χ2n) is 5.41. The Morgan fingerprint density at radius 3 is 2.36 bits per heavy atom. The zero-order valence-electron chi connectivity index (χ0n) is 13.1. The van der Waals surface area contributed by atoms with Crippen LogP contribution in [0.15, 0.2) is 43.0 Å². The smallest absolute Gasteiger partial charge is 0.241 e. The Balaban J connectivity index is 1.95. The Bertz CT molecular complexity index is 522. The van der Waals surface area contributed by atoms with Gasteiger partial charge in [-0.2, -0.15) is 0 Å². The molecule has 1 aliphatic rings. The minimum Gasteiger partial charge on any atom is -0.340 e. The highest BCUT2D eigenvalue weighted by Crippen LogP contribution is 2.14. The van der Waals surface area contributed by atoms with Crippen LogP contribution in [-0.4, -0.2) is 60.9 Å². The van der Waals surface area contributed by atoms with E-state index in [1.807, 2.05) is 35.2 Å². The van der Waals surface area contributed by atoms with Crippen molar-refractivity contribution in [2.24, 2.45) is 0 Å². The first kappa shape index (κ1) is 16.2. The van der Waals surface area contributed by atoms with E-state index in [4.69, 9.17) is 0 Å². The third-order valence-corrected chi connectivity index (χ3v) is 3.86. The normalized spacial score (nSPS) is 15.4. The lowest BCUT2D eigenvalue weighted by atomic mass is 10.2. The van der Waals surface area contributed by atoms with E-state index < -0.39 is 0 Å². The average Bonchev–Trinajstić information content (AvgIpc) is 2.53. The van der Waals surface area contributed by atoms with E-state index in [2.05, 4.69) is 11.5 Å². The van der Waals surface area contributed by atoms with Gasteiger partial charge in [-0.25, -0.2) is 0 Å². The number of nitrogens with zero attached hydrogens (tertiary/aromatic N) is 3. The summed E-state index contributed by atoms with van der Waals surface area (Å²) < 4.78 is 0. The molecule has 5 heteroatoms. The van der Waals surface area contributed by atoms with Crippen molar-refractivity contribution in [3.63, 3.8) is 0 Å². The van der Waals surface area contributed by atoms with Crippen LogP contribution >= 0.6 is 0 Å².